The van der Waals surface area contributed by atoms with Crippen LogP contribution in [0.2, 0.25) is 0 Å². The van der Waals surface area contributed by atoms with Crippen LogP contribution in [-0.2, 0) is 0 Å². The molecule has 0 aromatic heterocycles. The summed E-state index contributed by atoms with van der Waals surface area (Å²) < 4.78 is 6.93. The zero-order valence-corrected chi connectivity index (χ0v) is 28.9. The van der Waals surface area contributed by atoms with Gasteiger partial charge in [-0.1, -0.05) is 152 Å². The SMILES string of the molecule is C=C/C(=C\C=C(/C)c1ccccc1)N(c1ccc2c(c1)Oc1ccccc1[Si]21c2ccccc2-c2ccccc21)c1cccc2ccccc12. The highest BCUT2D eigenvalue weighted by molar-refractivity contribution is 7.23. The number of ether oxygens (including phenoxy) is 1. The van der Waals surface area contributed by atoms with Crippen LogP contribution in [0.25, 0.3) is 27.5 Å². The van der Waals surface area contributed by atoms with E-state index in [1.54, 1.807) is 0 Å². The zero-order chi connectivity index (χ0) is 33.7. The van der Waals surface area contributed by atoms with Gasteiger partial charge in [0.1, 0.15) is 11.5 Å². The van der Waals surface area contributed by atoms with Crippen LogP contribution < -0.4 is 30.4 Å². The van der Waals surface area contributed by atoms with Gasteiger partial charge in [-0.15, -0.1) is 0 Å². The number of rotatable bonds is 6. The molecule has 0 atom stereocenters. The average Bonchev–Trinajstić information content (AvgIpc) is 3.47. The molecule has 0 aliphatic carbocycles. The van der Waals surface area contributed by atoms with Crippen molar-refractivity contribution in [3.05, 3.63) is 200 Å². The van der Waals surface area contributed by atoms with E-state index in [1.807, 2.05) is 6.08 Å². The van der Waals surface area contributed by atoms with Crippen LogP contribution in [-0.4, -0.2) is 8.07 Å². The molecular formula is C47H35NOSi. The standard InChI is InChI=1S/C47H35NOSi/c1-3-36(29-28-33(2)34-16-5-4-6-17-34)48(41-23-15-19-35-18-7-8-20-38(35)41)37-30-31-47-43(32-37)49-42-24-11-14-27-46(42)50(47)44-25-12-9-21-39(44)40-22-10-13-26-45(40)50/h3-32H,1H2,2H3/b33-28+,36-29+. The molecule has 238 valence electrons. The number of para-hydroxylation sites is 1. The summed E-state index contributed by atoms with van der Waals surface area (Å²) in [4.78, 5) is 2.32. The minimum Gasteiger partial charge on any atom is -0.457 e. The van der Waals surface area contributed by atoms with Crippen molar-refractivity contribution in [2.24, 2.45) is 0 Å². The molecule has 2 heterocycles. The first-order valence-electron chi connectivity index (χ1n) is 17.1. The molecule has 0 amide bonds. The molecule has 0 radical (unpaired) electrons. The van der Waals surface area contributed by atoms with Gasteiger partial charge in [-0.2, -0.15) is 0 Å². The van der Waals surface area contributed by atoms with Crippen LogP contribution in [0, 0.1) is 0 Å². The Balaban J connectivity index is 1.28. The van der Waals surface area contributed by atoms with Gasteiger partial charge in [-0.25, -0.2) is 0 Å². The molecule has 2 nitrogen and oxygen atoms in total. The van der Waals surface area contributed by atoms with Crippen molar-refractivity contribution in [1.82, 2.24) is 0 Å². The molecule has 0 bridgehead atoms. The predicted octanol–water partition coefficient (Wildman–Crippen LogP) is 9.61. The first-order valence-corrected chi connectivity index (χ1v) is 19.1. The smallest absolute Gasteiger partial charge is 0.189 e. The molecule has 0 unspecified atom stereocenters. The molecule has 0 saturated heterocycles. The first kappa shape index (κ1) is 29.9. The Hall–Kier alpha value is -6.16. The van der Waals surface area contributed by atoms with Crippen LogP contribution >= 0.6 is 0 Å². The monoisotopic (exact) mass is 657 g/mol. The maximum atomic E-state index is 6.93. The summed E-state index contributed by atoms with van der Waals surface area (Å²) >= 11 is 0. The molecule has 50 heavy (non-hydrogen) atoms. The second-order valence-corrected chi connectivity index (χ2v) is 16.6. The summed E-state index contributed by atoms with van der Waals surface area (Å²) in [5.41, 5.74) is 8.10. The molecule has 2 aliphatic heterocycles. The lowest BCUT2D eigenvalue weighted by Gasteiger charge is -2.38. The highest BCUT2D eigenvalue weighted by atomic mass is 28.3. The van der Waals surface area contributed by atoms with Crippen molar-refractivity contribution in [1.29, 1.82) is 0 Å². The van der Waals surface area contributed by atoms with E-state index < -0.39 is 8.07 Å². The Morgan fingerprint density at radius 3 is 1.96 bits per heavy atom. The molecule has 3 heteroatoms. The summed E-state index contributed by atoms with van der Waals surface area (Å²) in [6.07, 6.45) is 6.31. The third-order valence-corrected chi connectivity index (χ3v) is 15.2. The maximum absolute atomic E-state index is 6.93. The van der Waals surface area contributed by atoms with E-state index in [0.717, 1.165) is 28.6 Å². The average molecular weight is 658 g/mol. The second-order valence-electron chi connectivity index (χ2n) is 13.0. The molecule has 0 saturated carbocycles. The molecule has 7 aromatic rings. The van der Waals surface area contributed by atoms with Gasteiger partial charge in [0.05, 0.1) is 5.69 Å². The normalized spacial score (nSPS) is 13.9. The number of hydrogen-bond donors (Lipinski definition) is 0. The Kier molecular flexibility index (Phi) is 7.22. The van der Waals surface area contributed by atoms with E-state index in [9.17, 15) is 0 Å². The van der Waals surface area contributed by atoms with Gasteiger partial charge in [-0.05, 0) is 85.7 Å². The summed E-state index contributed by atoms with van der Waals surface area (Å²) in [6.45, 7) is 6.48. The fourth-order valence-corrected chi connectivity index (χ4v) is 13.4. The van der Waals surface area contributed by atoms with Crippen LogP contribution in [0.3, 0.4) is 0 Å². The van der Waals surface area contributed by atoms with E-state index in [1.165, 1.54) is 53.8 Å². The summed E-state index contributed by atoms with van der Waals surface area (Å²) in [6, 6.07) is 59.1. The van der Waals surface area contributed by atoms with Gasteiger partial charge < -0.3 is 9.64 Å². The van der Waals surface area contributed by atoms with Gasteiger partial charge >= 0.3 is 0 Å². The van der Waals surface area contributed by atoms with Crippen LogP contribution in [0.4, 0.5) is 11.4 Å². The quantitative estimate of drug-likeness (QED) is 0.130. The molecule has 9 rings (SSSR count). The van der Waals surface area contributed by atoms with E-state index in [2.05, 4.69) is 194 Å². The molecule has 0 fully saturated rings. The lowest BCUT2D eigenvalue weighted by atomic mass is 10.1. The molecule has 0 N–H and O–H groups in total. The first-order chi connectivity index (χ1) is 24.7. The predicted molar refractivity (Wildman–Crippen MR) is 214 cm³/mol. The molecular weight excluding hydrogens is 623 g/mol. The Morgan fingerprint density at radius 1 is 0.580 bits per heavy atom. The Bertz CT molecular complexity index is 2460. The number of hydrogen-bond acceptors (Lipinski definition) is 2. The number of allylic oxidation sites excluding steroid dienone is 4. The lowest BCUT2D eigenvalue weighted by molar-refractivity contribution is 0.487. The van der Waals surface area contributed by atoms with Crippen LogP contribution in [0.5, 0.6) is 11.5 Å². The number of fused-ring (bicyclic) bond motifs is 10. The minimum absolute atomic E-state index is 0.907. The summed E-state index contributed by atoms with van der Waals surface area (Å²) in [7, 11) is -2.67. The third kappa shape index (κ3) is 4.55. The van der Waals surface area contributed by atoms with Gasteiger partial charge in [0, 0.05) is 22.8 Å². The van der Waals surface area contributed by atoms with Crippen molar-refractivity contribution >= 4 is 56.5 Å². The zero-order valence-electron chi connectivity index (χ0n) is 27.9. The minimum atomic E-state index is -2.67. The molecule has 7 aromatic carbocycles. The Labute approximate surface area is 294 Å². The number of anilines is 2. The fourth-order valence-electron chi connectivity index (χ4n) is 8.06. The van der Waals surface area contributed by atoms with Gasteiger partial charge in [0.15, 0.2) is 8.07 Å². The van der Waals surface area contributed by atoms with Gasteiger partial charge in [0.25, 0.3) is 0 Å². The lowest BCUT2D eigenvalue weighted by Crippen LogP contribution is -2.74. The number of nitrogens with zero attached hydrogens (tertiary/aromatic N) is 1. The summed E-state index contributed by atoms with van der Waals surface area (Å²) in [5, 5.41) is 7.77. The van der Waals surface area contributed by atoms with E-state index >= 15 is 0 Å². The largest absolute Gasteiger partial charge is 0.457 e. The Morgan fingerprint density at radius 2 is 1.20 bits per heavy atom. The van der Waals surface area contributed by atoms with Crippen LogP contribution in [0.1, 0.15) is 12.5 Å². The highest BCUT2D eigenvalue weighted by Crippen LogP contribution is 2.41. The van der Waals surface area contributed by atoms with E-state index in [-0.39, 0.29) is 0 Å². The highest BCUT2D eigenvalue weighted by Gasteiger charge is 2.53. The van der Waals surface area contributed by atoms with Crippen molar-refractivity contribution in [2.75, 3.05) is 4.90 Å². The van der Waals surface area contributed by atoms with Gasteiger partial charge in [0.2, 0.25) is 0 Å². The van der Waals surface area contributed by atoms with Crippen LogP contribution in [0.15, 0.2) is 194 Å². The molecule has 2 aliphatic rings. The molecule has 1 spiro atoms. The van der Waals surface area contributed by atoms with Gasteiger partial charge in [-0.3, -0.25) is 0 Å². The van der Waals surface area contributed by atoms with E-state index in [0.29, 0.717) is 0 Å². The third-order valence-electron chi connectivity index (χ3n) is 10.3. The van der Waals surface area contributed by atoms with Crippen molar-refractivity contribution in [3.8, 4) is 22.6 Å². The van der Waals surface area contributed by atoms with E-state index in [4.69, 9.17) is 4.74 Å². The summed E-state index contributed by atoms with van der Waals surface area (Å²) in [5.74, 6) is 1.84. The fraction of sp³-hybridized carbons (Fsp3) is 0.0213. The van der Waals surface area contributed by atoms with Crippen molar-refractivity contribution in [3.63, 3.8) is 0 Å². The second kappa shape index (κ2) is 12.1. The van der Waals surface area contributed by atoms with Crippen molar-refractivity contribution in [2.45, 2.75) is 6.92 Å². The maximum Gasteiger partial charge on any atom is 0.189 e. The van der Waals surface area contributed by atoms with Crippen molar-refractivity contribution < 1.29 is 4.74 Å². The number of benzene rings is 7. The topological polar surface area (TPSA) is 12.5 Å².